The van der Waals surface area contributed by atoms with E-state index in [1.807, 2.05) is 16.7 Å². The average Bonchev–Trinajstić information content (AvgIpc) is 2.35. The van der Waals surface area contributed by atoms with Gasteiger partial charge in [-0.3, -0.25) is 14.5 Å². The topological polar surface area (TPSA) is 49.9 Å². The number of nitrogens with zero attached hydrogens (tertiary/aromatic N) is 2. The van der Waals surface area contributed by atoms with Crippen molar-refractivity contribution in [2.45, 2.75) is 34.6 Å². The van der Waals surface area contributed by atoms with E-state index in [0.717, 1.165) is 13.1 Å². The molecule has 0 aromatic carbocycles. The van der Waals surface area contributed by atoms with Gasteiger partial charge in [-0.1, -0.05) is 34.6 Å². The molecule has 0 aromatic rings. The summed E-state index contributed by atoms with van der Waals surface area (Å²) in [4.78, 5) is 27.4. The van der Waals surface area contributed by atoms with E-state index in [1.165, 1.54) is 7.11 Å². The van der Waals surface area contributed by atoms with Crippen molar-refractivity contribution in [2.75, 3.05) is 39.8 Å². The SMILES string of the molecule is CCN(CC(=O)OC)CC(=O)N(CC(C)C)CC(C)C. The first-order chi connectivity index (χ1) is 9.29. The van der Waals surface area contributed by atoms with E-state index in [9.17, 15) is 9.59 Å². The Kier molecular flexibility index (Phi) is 9.21. The molecule has 0 atom stereocenters. The standard InChI is InChI=1S/C15H30N2O3/c1-7-16(11-15(19)20-6)10-14(18)17(8-12(2)3)9-13(4)5/h12-13H,7-11H2,1-6H3. The minimum Gasteiger partial charge on any atom is -0.468 e. The molecule has 0 aliphatic heterocycles. The minimum absolute atomic E-state index is 0.0816. The molecule has 0 spiro atoms. The number of ether oxygens (including phenoxy) is 1. The summed E-state index contributed by atoms with van der Waals surface area (Å²) in [6.07, 6.45) is 0. The van der Waals surface area contributed by atoms with E-state index < -0.39 is 0 Å². The summed E-state index contributed by atoms with van der Waals surface area (Å²) in [5, 5.41) is 0. The minimum atomic E-state index is -0.307. The molecular formula is C15H30N2O3. The molecule has 1 amide bonds. The van der Waals surface area contributed by atoms with E-state index in [-0.39, 0.29) is 25.0 Å². The molecule has 0 bridgehead atoms. The third kappa shape index (κ3) is 8.15. The van der Waals surface area contributed by atoms with E-state index in [0.29, 0.717) is 18.4 Å². The fourth-order valence-electron chi connectivity index (χ4n) is 1.98. The van der Waals surface area contributed by atoms with E-state index in [4.69, 9.17) is 0 Å². The van der Waals surface area contributed by atoms with Crippen LogP contribution >= 0.6 is 0 Å². The molecule has 0 radical (unpaired) electrons. The lowest BCUT2D eigenvalue weighted by atomic mass is 10.1. The lowest BCUT2D eigenvalue weighted by Gasteiger charge is -2.29. The molecule has 0 aliphatic rings. The molecule has 0 fully saturated rings. The number of carbonyl (C=O) groups is 2. The number of rotatable bonds is 9. The summed E-state index contributed by atoms with van der Waals surface area (Å²) in [5.74, 6) is 0.652. The first-order valence-corrected chi connectivity index (χ1v) is 7.37. The van der Waals surface area contributed by atoms with Crippen LogP contribution < -0.4 is 0 Å². The Morgan fingerprint density at radius 1 is 1.00 bits per heavy atom. The molecule has 20 heavy (non-hydrogen) atoms. The fraction of sp³-hybridized carbons (Fsp3) is 0.867. The lowest BCUT2D eigenvalue weighted by Crippen LogP contribution is -2.44. The Balaban J connectivity index is 4.58. The number of methoxy groups -OCH3 is 1. The summed E-state index contributed by atoms with van der Waals surface area (Å²) in [5.41, 5.74) is 0. The van der Waals surface area contributed by atoms with Gasteiger partial charge in [-0.15, -0.1) is 0 Å². The second-order valence-electron chi connectivity index (χ2n) is 5.97. The zero-order valence-corrected chi connectivity index (χ0v) is 13.8. The molecule has 0 unspecified atom stereocenters. The molecule has 0 N–H and O–H groups in total. The molecule has 0 heterocycles. The van der Waals surface area contributed by atoms with Crippen LogP contribution in [0.4, 0.5) is 0 Å². The Labute approximate surface area is 123 Å². The van der Waals surface area contributed by atoms with Crippen LogP contribution in [0.15, 0.2) is 0 Å². The molecule has 0 saturated heterocycles. The zero-order chi connectivity index (χ0) is 15.7. The molecule has 0 saturated carbocycles. The van der Waals surface area contributed by atoms with Crippen molar-refractivity contribution in [2.24, 2.45) is 11.8 Å². The zero-order valence-electron chi connectivity index (χ0n) is 13.8. The van der Waals surface area contributed by atoms with Crippen LogP contribution in [0.25, 0.3) is 0 Å². The van der Waals surface area contributed by atoms with Gasteiger partial charge in [0.05, 0.1) is 20.2 Å². The van der Waals surface area contributed by atoms with Crippen LogP contribution in [0, 0.1) is 11.8 Å². The number of carbonyl (C=O) groups excluding carboxylic acids is 2. The number of hydrogen-bond donors (Lipinski definition) is 0. The largest absolute Gasteiger partial charge is 0.468 e. The van der Waals surface area contributed by atoms with Crippen LogP contribution in [0.2, 0.25) is 0 Å². The molecular weight excluding hydrogens is 256 g/mol. The molecule has 0 aliphatic carbocycles. The lowest BCUT2D eigenvalue weighted by molar-refractivity contribution is -0.143. The number of likely N-dealkylation sites (N-methyl/N-ethyl adjacent to an activating group) is 1. The van der Waals surface area contributed by atoms with Crippen LogP contribution in [-0.2, 0) is 14.3 Å². The molecule has 5 heteroatoms. The number of esters is 1. The van der Waals surface area contributed by atoms with E-state index in [1.54, 1.807) is 0 Å². The van der Waals surface area contributed by atoms with Gasteiger partial charge in [-0.25, -0.2) is 0 Å². The molecule has 0 aromatic heterocycles. The van der Waals surface area contributed by atoms with Gasteiger partial charge in [-0.2, -0.15) is 0 Å². The van der Waals surface area contributed by atoms with E-state index >= 15 is 0 Å². The normalized spacial score (nSPS) is 11.2. The smallest absolute Gasteiger partial charge is 0.319 e. The van der Waals surface area contributed by atoms with Crippen LogP contribution in [-0.4, -0.2) is 61.5 Å². The highest BCUT2D eigenvalue weighted by Crippen LogP contribution is 2.05. The maximum absolute atomic E-state index is 12.4. The van der Waals surface area contributed by atoms with Gasteiger partial charge in [0, 0.05) is 13.1 Å². The van der Waals surface area contributed by atoms with Crippen molar-refractivity contribution in [1.29, 1.82) is 0 Å². The first-order valence-electron chi connectivity index (χ1n) is 7.37. The highest BCUT2D eigenvalue weighted by atomic mass is 16.5. The summed E-state index contributed by atoms with van der Waals surface area (Å²) in [6.45, 7) is 12.9. The van der Waals surface area contributed by atoms with Gasteiger partial charge in [0.1, 0.15) is 0 Å². The second-order valence-corrected chi connectivity index (χ2v) is 5.97. The van der Waals surface area contributed by atoms with Crippen molar-refractivity contribution in [3.63, 3.8) is 0 Å². The predicted octanol–water partition coefficient (Wildman–Crippen LogP) is 1.62. The third-order valence-corrected chi connectivity index (χ3v) is 2.91. The van der Waals surface area contributed by atoms with Crippen LogP contribution in [0.3, 0.4) is 0 Å². The number of amides is 1. The van der Waals surface area contributed by atoms with Gasteiger partial charge in [0.25, 0.3) is 0 Å². The molecule has 5 nitrogen and oxygen atoms in total. The molecule has 118 valence electrons. The van der Waals surface area contributed by atoms with Gasteiger partial charge >= 0.3 is 5.97 Å². The summed E-state index contributed by atoms with van der Waals surface area (Å²) in [6, 6.07) is 0. The Morgan fingerprint density at radius 3 is 1.85 bits per heavy atom. The summed E-state index contributed by atoms with van der Waals surface area (Å²) < 4.78 is 4.65. The first kappa shape index (κ1) is 18.9. The van der Waals surface area contributed by atoms with Crippen molar-refractivity contribution in [3.8, 4) is 0 Å². The van der Waals surface area contributed by atoms with Gasteiger partial charge in [0.15, 0.2) is 0 Å². The van der Waals surface area contributed by atoms with Crippen molar-refractivity contribution >= 4 is 11.9 Å². The predicted molar refractivity (Wildman–Crippen MR) is 80.4 cm³/mol. The second kappa shape index (κ2) is 9.75. The fourth-order valence-corrected chi connectivity index (χ4v) is 1.98. The highest BCUT2D eigenvalue weighted by Gasteiger charge is 2.20. The summed E-state index contributed by atoms with van der Waals surface area (Å²) >= 11 is 0. The van der Waals surface area contributed by atoms with Crippen LogP contribution in [0.5, 0.6) is 0 Å². The Hall–Kier alpha value is -1.10. The van der Waals surface area contributed by atoms with Gasteiger partial charge in [-0.05, 0) is 18.4 Å². The Morgan fingerprint density at radius 2 is 1.50 bits per heavy atom. The third-order valence-electron chi connectivity index (χ3n) is 2.91. The van der Waals surface area contributed by atoms with Crippen molar-refractivity contribution < 1.29 is 14.3 Å². The summed E-state index contributed by atoms with van der Waals surface area (Å²) in [7, 11) is 1.36. The quantitative estimate of drug-likeness (QED) is 0.604. The monoisotopic (exact) mass is 286 g/mol. The Bertz CT molecular complexity index is 293. The molecule has 0 rings (SSSR count). The average molecular weight is 286 g/mol. The maximum Gasteiger partial charge on any atom is 0.319 e. The van der Waals surface area contributed by atoms with Gasteiger partial charge in [0.2, 0.25) is 5.91 Å². The van der Waals surface area contributed by atoms with E-state index in [2.05, 4.69) is 32.4 Å². The van der Waals surface area contributed by atoms with Crippen molar-refractivity contribution in [3.05, 3.63) is 0 Å². The highest BCUT2D eigenvalue weighted by molar-refractivity contribution is 5.79. The van der Waals surface area contributed by atoms with Crippen molar-refractivity contribution in [1.82, 2.24) is 9.80 Å². The van der Waals surface area contributed by atoms with Crippen LogP contribution in [0.1, 0.15) is 34.6 Å². The maximum atomic E-state index is 12.4. The van der Waals surface area contributed by atoms with Gasteiger partial charge < -0.3 is 9.64 Å². The number of hydrogen-bond acceptors (Lipinski definition) is 4.